The number of ether oxygens (including phenoxy) is 5. The molecule has 0 saturated carbocycles. The summed E-state index contributed by atoms with van der Waals surface area (Å²) in [5.41, 5.74) is 0.593. The van der Waals surface area contributed by atoms with Crippen LogP contribution in [0.1, 0.15) is 33.3 Å². The molecule has 4 rings (SSSR count). The quantitative estimate of drug-likeness (QED) is 0.839. The first-order valence-corrected chi connectivity index (χ1v) is 9.49. The van der Waals surface area contributed by atoms with Gasteiger partial charge in [-0.2, -0.15) is 0 Å². The average Bonchev–Trinajstić information content (AvgIpc) is 3.18. The number of rotatable bonds is 4. The van der Waals surface area contributed by atoms with E-state index in [0.717, 1.165) is 0 Å². The fourth-order valence-electron chi connectivity index (χ4n) is 3.96. The molecule has 1 aromatic rings. The summed E-state index contributed by atoms with van der Waals surface area (Å²) in [5, 5.41) is 2.98. The third kappa shape index (κ3) is 4.06. The Hall–Kier alpha value is -1.58. The Morgan fingerprint density at radius 3 is 2.61 bits per heavy atom. The van der Waals surface area contributed by atoms with Gasteiger partial charge in [0.2, 0.25) is 5.91 Å². The van der Waals surface area contributed by atoms with Gasteiger partial charge in [-0.1, -0.05) is 12.1 Å². The van der Waals surface area contributed by atoms with Gasteiger partial charge in [0, 0.05) is 0 Å². The van der Waals surface area contributed by atoms with E-state index in [-0.39, 0.29) is 24.2 Å². The van der Waals surface area contributed by atoms with Gasteiger partial charge in [-0.15, -0.1) is 0 Å². The molecule has 1 aromatic carbocycles. The smallest absolute Gasteiger partial charge is 0.224 e. The van der Waals surface area contributed by atoms with Gasteiger partial charge < -0.3 is 29.0 Å². The molecule has 8 heteroatoms. The Morgan fingerprint density at radius 1 is 1.14 bits per heavy atom. The second-order valence-electron chi connectivity index (χ2n) is 8.34. The van der Waals surface area contributed by atoms with E-state index in [4.69, 9.17) is 23.7 Å². The Balaban J connectivity index is 1.49. The molecule has 0 bridgehead atoms. The first-order valence-electron chi connectivity index (χ1n) is 9.49. The van der Waals surface area contributed by atoms with Crippen molar-refractivity contribution in [2.75, 3.05) is 6.61 Å². The van der Waals surface area contributed by atoms with E-state index < -0.39 is 36.1 Å². The van der Waals surface area contributed by atoms with Crippen molar-refractivity contribution in [2.24, 2.45) is 0 Å². The predicted molar refractivity (Wildman–Crippen MR) is 95.6 cm³/mol. The van der Waals surface area contributed by atoms with Crippen LogP contribution in [0.3, 0.4) is 0 Å². The normalized spacial score (nSPS) is 35.7. The lowest BCUT2D eigenvalue weighted by Crippen LogP contribution is -2.52. The van der Waals surface area contributed by atoms with Crippen LogP contribution in [0.25, 0.3) is 0 Å². The second-order valence-corrected chi connectivity index (χ2v) is 8.34. The molecule has 3 aliphatic heterocycles. The molecule has 0 aliphatic carbocycles. The Morgan fingerprint density at radius 2 is 1.93 bits per heavy atom. The number of carbonyl (C=O) groups is 1. The van der Waals surface area contributed by atoms with E-state index in [9.17, 15) is 9.18 Å². The van der Waals surface area contributed by atoms with Crippen molar-refractivity contribution >= 4 is 5.91 Å². The van der Waals surface area contributed by atoms with E-state index in [1.165, 1.54) is 12.1 Å². The number of hydrogen-bond donors (Lipinski definition) is 1. The molecule has 7 nitrogen and oxygen atoms in total. The maximum Gasteiger partial charge on any atom is 0.224 e. The zero-order valence-electron chi connectivity index (χ0n) is 16.4. The van der Waals surface area contributed by atoms with Gasteiger partial charge in [-0.05, 0) is 45.4 Å². The highest BCUT2D eigenvalue weighted by atomic mass is 19.1. The molecule has 3 heterocycles. The monoisotopic (exact) mass is 395 g/mol. The molecule has 3 saturated heterocycles. The summed E-state index contributed by atoms with van der Waals surface area (Å²) in [6.45, 7) is 7.60. The van der Waals surface area contributed by atoms with Crippen molar-refractivity contribution in [3.63, 3.8) is 0 Å². The molecule has 28 heavy (non-hydrogen) atoms. The van der Waals surface area contributed by atoms with Crippen LogP contribution < -0.4 is 5.32 Å². The summed E-state index contributed by atoms with van der Waals surface area (Å²) in [4.78, 5) is 12.7. The molecule has 0 spiro atoms. The van der Waals surface area contributed by atoms with Gasteiger partial charge in [-0.25, -0.2) is 4.39 Å². The lowest BCUT2D eigenvalue weighted by molar-refractivity contribution is -0.223. The van der Waals surface area contributed by atoms with Gasteiger partial charge >= 0.3 is 0 Å². The third-order valence-corrected chi connectivity index (χ3v) is 5.07. The minimum Gasteiger partial charge on any atom is -0.348 e. The van der Waals surface area contributed by atoms with Crippen LogP contribution in [-0.2, 0) is 34.9 Å². The molecule has 0 aromatic heterocycles. The van der Waals surface area contributed by atoms with Gasteiger partial charge in [0.15, 0.2) is 17.9 Å². The fraction of sp³-hybridized carbons (Fsp3) is 0.650. The van der Waals surface area contributed by atoms with E-state index >= 15 is 0 Å². The summed E-state index contributed by atoms with van der Waals surface area (Å²) in [6, 6.07) is 5.51. The zero-order chi connectivity index (χ0) is 20.1. The van der Waals surface area contributed by atoms with Crippen molar-refractivity contribution in [2.45, 2.75) is 76.3 Å². The summed E-state index contributed by atoms with van der Waals surface area (Å²) in [7, 11) is 0. The molecular weight excluding hydrogens is 369 g/mol. The number of amides is 1. The summed E-state index contributed by atoms with van der Waals surface area (Å²) in [5.74, 6) is -2.15. The lowest BCUT2D eigenvalue weighted by atomic mass is 10.0. The van der Waals surface area contributed by atoms with Gasteiger partial charge in [0.05, 0.1) is 19.1 Å². The number of hydrogen-bond acceptors (Lipinski definition) is 6. The molecular formula is C20H26FNO6. The largest absolute Gasteiger partial charge is 0.348 e. The number of fused-ring (bicyclic) bond motifs is 1. The first-order chi connectivity index (χ1) is 13.1. The molecule has 3 fully saturated rings. The van der Waals surface area contributed by atoms with Crippen LogP contribution >= 0.6 is 0 Å². The number of carbonyl (C=O) groups excluding carboxylic acids is 1. The van der Waals surface area contributed by atoms with E-state index in [2.05, 4.69) is 5.32 Å². The van der Waals surface area contributed by atoms with Crippen LogP contribution in [0.15, 0.2) is 24.3 Å². The van der Waals surface area contributed by atoms with E-state index in [0.29, 0.717) is 12.2 Å². The minimum absolute atomic E-state index is 0.0517. The van der Waals surface area contributed by atoms with Crippen molar-refractivity contribution < 1.29 is 32.9 Å². The zero-order valence-corrected chi connectivity index (χ0v) is 16.4. The predicted octanol–water partition coefficient (Wildman–Crippen LogP) is 1.88. The summed E-state index contributed by atoms with van der Waals surface area (Å²) >= 11 is 0. The Bertz CT molecular complexity index is 754. The second kappa shape index (κ2) is 7.03. The lowest BCUT2D eigenvalue weighted by Gasteiger charge is -2.29. The highest BCUT2D eigenvalue weighted by Crippen LogP contribution is 2.40. The Kier molecular flexibility index (Phi) is 4.96. The highest BCUT2D eigenvalue weighted by molar-refractivity contribution is 5.79. The Labute approximate surface area is 163 Å². The van der Waals surface area contributed by atoms with Crippen LogP contribution in [0, 0.1) is 5.82 Å². The van der Waals surface area contributed by atoms with Crippen LogP contribution in [0.4, 0.5) is 4.39 Å². The summed E-state index contributed by atoms with van der Waals surface area (Å²) < 4.78 is 42.8. The van der Waals surface area contributed by atoms with Crippen LogP contribution in [0.2, 0.25) is 0 Å². The number of nitrogens with one attached hydrogen (secondary N) is 1. The van der Waals surface area contributed by atoms with E-state index in [1.54, 1.807) is 26.0 Å². The molecule has 0 unspecified atom stereocenters. The third-order valence-electron chi connectivity index (χ3n) is 5.07. The maximum atomic E-state index is 13.4. The molecule has 3 aliphatic rings. The fourth-order valence-corrected chi connectivity index (χ4v) is 3.96. The molecule has 1 N–H and O–H groups in total. The summed E-state index contributed by atoms with van der Waals surface area (Å²) in [6.07, 6.45) is -1.87. The number of benzene rings is 1. The SMILES string of the molecule is CC1(C)O[C@H]2O[C@H]([C@H]3COC(C)(C)O3)[C@@H](NC(=O)Cc3cccc(F)c3)[C@H]2O1. The topological polar surface area (TPSA) is 75.3 Å². The molecule has 5 atom stereocenters. The standard InChI is InChI=1S/C20H26FNO6/c1-19(2)24-10-13(26-19)16-15(17-18(25-16)28-20(3,4)27-17)22-14(23)9-11-6-5-7-12(21)8-11/h5-8,13,15-18H,9-10H2,1-4H3,(H,22,23)/t13-,15-,16-,17-,18-/m1/s1. The van der Waals surface area contributed by atoms with Gasteiger partial charge in [0.1, 0.15) is 24.1 Å². The van der Waals surface area contributed by atoms with Gasteiger partial charge in [0.25, 0.3) is 0 Å². The minimum atomic E-state index is -0.807. The van der Waals surface area contributed by atoms with Crippen LogP contribution in [0.5, 0.6) is 0 Å². The highest BCUT2D eigenvalue weighted by Gasteiger charge is 2.58. The van der Waals surface area contributed by atoms with Crippen LogP contribution in [-0.4, -0.2) is 54.7 Å². The average molecular weight is 395 g/mol. The maximum absolute atomic E-state index is 13.4. The van der Waals surface area contributed by atoms with E-state index in [1.807, 2.05) is 13.8 Å². The number of halogens is 1. The van der Waals surface area contributed by atoms with Crippen molar-refractivity contribution in [1.29, 1.82) is 0 Å². The van der Waals surface area contributed by atoms with Crippen molar-refractivity contribution in [3.05, 3.63) is 35.6 Å². The van der Waals surface area contributed by atoms with Crippen molar-refractivity contribution in [1.82, 2.24) is 5.32 Å². The van der Waals surface area contributed by atoms with Gasteiger partial charge in [-0.3, -0.25) is 4.79 Å². The first kappa shape index (κ1) is 19.7. The molecule has 154 valence electrons. The molecule has 0 radical (unpaired) electrons. The molecule has 1 amide bonds. The van der Waals surface area contributed by atoms with Crippen molar-refractivity contribution in [3.8, 4) is 0 Å².